The van der Waals surface area contributed by atoms with Gasteiger partial charge in [-0.3, -0.25) is 14.6 Å². The van der Waals surface area contributed by atoms with Crippen molar-refractivity contribution in [1.82, 2.24) is 15.6 Å². The summed E-state index contributed by atoms with van der Waals surface area (Å²) in [6.07, 6.45) is 0. The molecule has 0 radical (unpaired) electrons. The predicted molar refractivity (Wildman–Crippen MR) is 98.4 cm³/mol. The summed E-state index contributed by atoms with van der Waals surface area (Å²) in [6, 6.07) is 11.6. The molecule has 1 unspecified atom stereocenters. The van der Waals surface area contributed by atoms with E-state index in [9.17, 15) is 9.59 Å². The van der Waals surface area contributed by atoms with E-state index in [1.165, 1.54) is 0 Å². The molecule has 6 heteroatoms. The second kappa shape index (κ2) is 8.62. The van der Waals surface area contributed by atoms with Crippen LogP contribution >= 0.6 is 11.6 Å². The summed E-state index contributed by atoms with van der Waals surface area (Å²) < 4.78 is 0. The summed E-state index contributed by atoms with van der Waals surface area (Å²) in [4.78, 5) is 29.2. The van der Waals surface area contributed by atoms with Crippen molar-refractivity contribution >= 4 is 23.4 Å². The lowest BCUT2D eigenvalue weighted by molar-refractivity contribution is -0.124. The lowest BCUT2D eigenvalue weighted by Crippen LogP contribution is -2.49. The van der Waals surface area contributed by atoms with E-state index in [0.29, 0.717) is 17.1 Å². The Hall–Kier alpha value is -2.40. The molecule has 0 aliphatic rings. The number of carbonyl (C=O) groups excluding carboxylic acids is 2. The highest BCUT2D eigenvalue weighted by Gasteiger charge is 2.24. The van der Waals surface area contributed by atoms with E-state index in [1.54, 1.807) is 24.3 Å². The molecule has 1 aromatic heterocycles. The zero-order valence-electron chi connectivity index (χ0n) is 14.5. The Kier molecular flexibility index (Phi) is 6.53. The molecular weight excluding hydrogens is 338 g/mol. The number of pyridine rings is 1. The number of halogens is 1. The molecule has 5 nitrogen and oxygen atoms in total. The van der Waals surface area contributed by atoms with E-state index in [0.717, 1.165) is 11.4 Å². The molecule has 2 rings (SSSR count). The fourth-order valence-electron chi connectivity index (χ4n) is 2.35. The minimum absolute atomic E-state index is 0.0540. The van der Waals surface area contributed by atoms with Crippen LogP contribution in [0.15, 0.2) is 42.5 Å². The van der Waals surface area contributed by atoms with Crippen molar-refractivity contribution < 1.29 is 9.59 Å². The van der Waals surface area contributed by atoms with Gasteiger partial charge in [0.25, 0.3) is 5.91 Å². The highest BCUT2D eigenvalue weighted by molar-refractivity contribution is 6.30. The van der Waals surface area contributed by atoms with Gasteiger partial charge in [-0.1, -0.05) is 31.5 Å². The van der Waals surface area contributed by atoms with E-state index in [1.807, 2.05) is 39.0 Å². The van der Waals surface area contributed by atoms with Crippen LogP contribution in [0.1, 0.15) is 35.6 Å². The van der Waals surface area contributed by atoms with Crippen LogP contribution in [0.25, 0.3) is 0 Å². The van der Waals surface area contributed by atoms with Crippen LogP contribution in [0.4, 0.5) is 0 Å². The Bertz CT molecular complexity index is 745. The van der Waals surface area contributed by atoms with Gasteiger partial charge in [-0.2, -0.15) is 0 Å². The van der Waals surface area contributed by atoms with Crippen molar-refractivity contribution in [2.75, 3.05) is 0 Å². The zero-order valence-corrected chi connectivity index (χ0v) is 15.3. The average molecular weight is 360 g/mol. The molecule has 0 saturated carbocycles. The van der Waals surface area contributed by atoms with Crippen LogP contribution in [0.2, 0.25) is 5.02 Å². The van der Waals surface area contributed by atoms with Crippen LogP contribution in [0.5, 0.6) is 0 Å². The van der Waals surface area contributed by atoms with E-state index in [4.69, 9.17) is 11.6 Å². The van der Waals surface area contributed by atoms with Crippen molar-refractivity contribution in [1.29, 1.82) is 0 Å². The number of aryl methyl sites for hydroxylation is 1. The fourth-order valence-corrected chi connectivity index (χ4v) is 2.47. The predicted octanol–water partition coefficient (Wildman–Crippen LogP) is 3.11. The van der Waals surface area contributed by atoms with Gasteiger partial charge in [0.15, 0.2) is 0 Å². The molecule has 0 spiro atoms. The Morgan fingerprint density at radius 1 is 1.12 bits per heavy atom. The molecule has 0 aliphatic heterocycles. The molecule has 25 heavy (non-hydrogen) atoms. The van der Waals surface area contributed by atoms with Gasteiger partial charge >= 0.3 is 0 Å². The maximum absolute atomic E-state index is 12.5. The third-order valence-corrected chi connectivity index (χ3v) is 3.98. The zero-order chi connectivity index (χ0) is 18.4. The summed E-state index contributed by atoms with van der Waals surface area (Å²) in [5, 5.41) is 6.18. The molecule has 132 valence electrons. The van der Waals surface area contributed by atoms with Crippen LogP contribution in [0, 0.1) is 12.8 Å². The molecule has 0 bridgehead atoms. The molecule has 2 N–H and O–H groups in total. The lowest BCUT2D eigenvalue weighted by Gasteiger charge is -2.21. The standard InChI is InChI=1S/C19H22ClN3O2/c1-12(2)17(23-18(24)14-7-9-15(20)10-8-14)19(25)21-11-16-6-4-5-13(3)22-16/h4-10,12,17H,11H2,1-3H3,(H,21,25)(H,23,24). The van der Waals surface area contributed by atoms with Gasteiger partial charge in [0.05, 0.1) is 12.2 Å². The topological polar surface area (TPSA) is 71.1 Å². The van der Waals surface area contributed by atoms with Gasteiger partial charge < -0.3 is 10.6 Å². The van der Waals surface area contributed by atoms with Crippen LogP contribution in [0.3, 0.4) is 0 Å². The average Bonchev–Trinajstić information content (AvgIpc) is 2.57. The minimum Gasteiger partial charge on any atom is -0.349 e. The Morgan fingerprint density at radius 3 is 2.40 bits per heavy atom. The lowest BCUT2D eigenvalue weighted by atomic mass is 10.0. The van der Waals surface area contributed by atoms with Gasteiger partial charge in [0.2, 0.25) is 5.91 Å². The quantitative estimate of drug-likeness (QED) is 0.832. The molecule has 0 fully saturated rings. The van der Waals surface area contributed by atoms with Gasteiger partial charge in [-0.05, 0) is 49.2 Å². The summed E-state index contributed by atoms with van der Waals surface area (Å²) in [5.74, 6) is -0.596. The summed E-state index contributed by atoms with van der Waals surface area (Å²) in [7, 11) is 0. The number of rotatable bonds is 6. The number of nitrogens with zero attached hydrogens (tertiary/aromatic N) is 1. The van der Waals surface area contributed by atoms with E-state index in [-0.39, 0.29) is 17.7 Å². The maximum Gasteiger partial charge on any atom is 0.251 e. The number of hydrogen-bond donors (Lipinski definition) is 2. The summed E-state index contributed by atoms with van der Waals surface area (Å²) in [6.45, 7) is 5.99. The number of amides is 2. The molecule has 1 heterocycles. The van der Waals surface area contributed by atoms with E-state index >= 15 is 0 Å². The number of nitrogens with one attached hydrogen (secondary N) is 2. The Balaban J connectivity index is 2.00. The van der Waals surface area contributed by atoms with E-state index in [2.05, 4.69) is 15.6 Å². The normalized spacial score (nSPS) is 11.9. The third-order valence-electron chi connectivity index (χ3n) is 3.73. The number of aromatic nitrogens is 1. The van der Waals surface area contributed by atoms with Gasteiger partial charge in [-0.15, -0.1) is 0 Å². The second-order valence-corrected chi connectivity index (χ2v) is 6.63. The summed E-state index contributed by atoms with van der Waals surface area (Å²) in [5.41, 5.74) is 2.13. The Labute approximate surface area is 152 Å². The number of benzene rings is 1. The third kappa shape index (κ3) is 5.57. The second-order valence-electron chi connectivity index (χ2n) is 6.19. The maximum atomic E-state index is 12.5. The molecule has 0 saturated heterocycles. The summed E-state index contributed by atoms with van der Waals surface area (Å²) >= 11 is 5.83. The molecule has 2 amide bonds. The smallest absolute Gasteiger partial charge is 0.251 e. The number of carbonyl (C=O) groups is 2. The fraction of sp³-hybridized carbons (Fsp3) is 0.316. The van der Waals surface area contributed by atoms with Crippen molar-refractivity contribution in [3.8, 4) is 0 Å². The SMILES string of the molecule is Cc1cccc(CNC(=O)C(NC(=O)c2ccc(Cl)cc2)C(C)C)n1. The minimum atomic E-state index is -0.631. The highest BCUT2D eigenvalue weighted by atomic mass is 35.5. The highest BCUT2D eigenvalue weighted by Crippen LogP contribution is 2.11. The van der Waals surface area contributed by atoms with Crippen LogP contribution in [-0.2, 0) is 11.3 Å². The van der Waals surface area contributed by atoms with E-state index < -0.39 is 6.04 Å². The first-order chi connectivity index (χ1) is 11.9. The molecule has 1 aromatic carbocycles. The van der Waals surface area contributed by atoms with Gasteiger partial charge in [0, 0.05) is 16.3 Å². The monoisotopic (exact) mass is 359 g/mol. The van der Waals surface area contributed by atoms with Gasteiger partial charge in [0.1, 0.15) is 6.04 Å². The van der Waals surface area contributed by atoms with Crippen LogP contribution < -0.4 is 10.6 Å². The number of hydrogen-bond acceptors (Lipinski definition) is 3. The first kappa shape index (κ1) is 18.9. The largest absolute Gasteiger partial charge is 0.349 e. The van der Waals surface area contributed by atoms with Crippen molar-refractivity contribution in [3.63, 3.8) is 0 Å². The molecule has 1 atom stereocenters. The van der Waals surface area contributed by atoms with Gasteiger partial charge in [-0.25, -0.2) is 0 Å². The first-order valence-corrected chi connectivity index (χ1v) is 8.51. The van der Waals surface area contributed by atoms with Crippen molar-refractivity contribution in [3.05, 3.63) is 64.4 Å². The molecular formula is C19H22ClN3O2. The van der Waals surface area contributed by atoms with Crippen molar-refractivity contribution in [2.24, 2.45) is 5.92 Å². The molecule has 0 aliphatic carbocycles. The Morgan fingerprint density at radius 2 is 1.80 bits per heavy atom. The van der Waals surface area contributed by atoms with Crippen LogP contribution in [-0.4, -0.2) is 22.8 Å². The first-order valence-electron chi connectivity index (χ1n) is 8.13. The van der Waals surface area contributed by atoms with Crippen molar-refractivity contribution in [2.45, 2.75) is 33.4 Å². The molecule has 2 aromatic rings.